The van der Waals surface area contributed by atoms with Crippen molar-refractivity contribution in [1.29, 1.82) is 0 Å². The van der Waals surface area contributed by atoms with Crippen molar-refractivity contribution >= 4 is 35.2 Å². The van der Waals surface area contributed by atoms with Crippen molar-refractivity contribution in [1.82, 2.24) is 16.0 Å². The molecular weight excluding hydrogens is 433 g/mol. The minimum Gasteiger partial charge on any atom is -0.391 e. The molecule has 0 aromatic carbocycles. The number of rotatable bonds is 6. The first-order chi connectivity index (χ1) is 14.3. The van der Waals surface area contributed by atoms with E-state index in [0.717, 1.165) is 5.88 Å². The maximum atomic E-state index is 13.7. The third kappa shape index (κ3) is 4.75. The molecule has 1 saturated heterocycles. The zero-order valence-electron chi connectivity index (χ0n) is 17.0. The highest BCUT2D eigenvalue weighted by Crippen LogP contribution is 2.47. The van der Waals surface area contributed by atoms with E-state index < -0.39 is 28.7 Å². The average molecular weight is 464 g/mol. The Bertz CT molecular complexity index is 658. The summed E-state index contributed by atoms with van der Waals surface area (Å²) >= 11 is 7.48. The Morgan fingerprint density at radius 1 is 1.23 bits per heavy atom. The van der Waals surface area contributed by atoms with Crippen LogP contribution in [-0.4, -0.2) is 76.0 Å². The molecule has 5 rings (SSSR count). The maximum Gasteiger partial charge on any atom is 0.246 e. The molecule has 5 atom stereocenters. The van der Waals surface area contributed by atoms with Crippen molar-refractivity contribution in [2.45, 2.75) is 91.5 Å². The summed E-state index contributed by atoms with van der Waals surface area (Å²) in [5.74, 6) is 0.510. The first-order valence-electron chi connectivity index (χ1n) is 10.8. The number of ether oxygens (including phenoxy) is 1. The van der Waals surface area contributed by atoms with E-state index in [1.165, 1.54) is 0 Å². The molecule has 0 spiro atoms. The molecule has 1 aliphatic heterocycles. The first kappa shape index (κ1) is 22.6. The molecular formula is C20H31ClFN3O4S. The van der Waals surface area contributed by atoms with Gasteiger partial charge in [-0.25, -0.2) is 4.39 Å². The minimum atomic E-state index is -1.10. The molecule has 5 aliphatic rings. The summed E-state index contributed by atoms with van der Waals surface area (Å²) in [6, 6.07) is 0. The van der Waals surface area contributed by atoms with E-state index in [1.807, 2.05) is 0 Å². The van der Waals surface area contributed by atoms with Gasteiger partial charge in [0, 0.05) is 24.4 Å². The van der Waals surface area contributed by atoms with E-state index in [1.54, 1.807) is 11.8 Å². The van der Waals surface area contributed by atoms with Crippen LogP contribution in [0.5, 0.6) is 0 Å². The van der Waals surface area contributed by atoms with Crippen molar-refractivity contribution in [2.24, 2.45) is 0 Å². The molecule has 0 radical (unpaired) electrons. The number of aliphatic hydroxyl groups excluding tert-OH is 1. The second-order valence-corrected chi connectivity index (χ2v) is 11.0. The highest BCUT2D eigenvalue weighted by atomic mass is 35.5. The molecule has 4 saturated carbocycles. The molecule has 0 aromatic rings. The Balaban J connectivity index is 1.26. The van der Waals surface area contributed by atoms with Crippen molar-refractivity contribution < 1.29 is 23.8 Å². The molecule has 7 nitrogen and oxygen atoms in total. The van der Waals surface area contributed by atoms with Gasteiger partial charge < -0.3 is 25.8 Å². The minimum absolute atomic E-state index is 0.0197. The predicted octanol–water partition coefficient (Wildman–Crippen LogP) is 1.21. The molecule has 170 valence electrons. The fourth-order valence-corrected chi connectivity index (χ4v) is 6.40. The van der Waals surface area contributed by atoms with Gasteiger partial charge in [-0.15, -0.1) is 23.4 Å². The molecule has 30 heavy (non-hydrogen) atoms. The number of carbonyl (C=O) groups is 2. The normalized spacial score (nSPS) is 43.4. The van der Waals surface area contributed by atoms with Crippen molar-refractivity contribution in [3.05, 3.63) is 0 Å². The standard InChI is InChI=1S/C20H31ClFN3O4S/c21-13-2-1-12(7-14(13)22)29-10-17(27)24-19-3-5-20(6-4-19,16(26)8-19)25-18(28)15-9-23-11-30-15/h12-16,23,26H,1-11H2,(H,24,27)(H,25,28). The van der Waals surface area contributed by atoms with Crippen LogP contribution >= 0.6 is 23.4 Å². The van der Waals surface area contributed by atoms with Gasteiger partial charge in [-0.1, -0.05) is 0 Å². The largest absolute Gasteiger partial charge is 0.391 e. The van der Waals surface area contributed by atoms with Gasteiger partial charge in [-0.2, -0.15) is 0 Å². The summed E-state index contributed by atoms with van der Waals surface area (Å²) in [5.41, 5.74) is -1.06. The Morgan fingerprint density at radius 2 is 2.00 bits per heavy atom. The molecule has 4 N–H and O–H groups in total. The van der Waals surface area contributed by atoms with Gasteiger partial charge in [0.15, 0.2) is 0 Å². The van der Waals surface area contributed by atoms with Gasteiger partial charge in [0.05, 0.1) is 28.4 Å². The second kappa shape index (κ2) is 9.10. The second-order valence-electron chi connectivity index (χ2n) is 9.23. The molecule has 5 unspecified atom stereocenters. The summed E-state index contributed by atoms with van der Waals surface area (Å²) < 4.78 is 19.4. The lowest BCUT2D eigenvalue weighted by Crippen LogP contribution is -2.70. The molecule has 4 aliphatic carbocycles. The van der Waals surface area contributed by atoms with Crippen LogP contribution in [0.25, 0.3) is 0 Å². The summed E-state index contributed by atoms with van der Waals surface area (Å²) in [6.45, 7) is 0.536. The Hall–Kier alpha value is -0.610. The quantitative estimate of drug-likeness (QED) is 0.442. The molecule has 2 bridgehead atoms. The summed E-state index contributed by atoms with van der Waals surface area (Å²) in [5, 5.41) is 19.6. The lowest BCUT2D eigenvalue weighted by Gasteiger charge is -2.56. The van der Waals surface area contributed by atoms with Gasteiger partial charge in [0.25, 0.3) is 0 Å². The summed E-state index contributed by atoms with van der Waals surface area (Å²) in [7, 11) is 0. The number of hydrogen-bond donors (Lipinski definition) is 4. The smallest absolute Gasteiger partial charge is 0.246 e. The van der Waals surface area contributed by atoms with Gasteiger partial charge in [0.2, 0.25) is 11.8 Å². The topological polar surface area (TPSA) is 99.7 Å². The van der Waals surface area contributed by atoms with E-state index in [-0.39, 0.29) is 36.2 Å². The van der Waals surface area contributed by atoms with Gasteiger partial charge >= 0.3 is 0 Å². The van der Waals surface area contributed by atoms with Crippen molar-refractivity contribution in [2.75, 3.05) is 19.0 Å². The van der Waals surface area contributed by atoms with E-state index in [0.29, 0.717) is 51.5 Å². The Morgan fingerprint density at radius 3 is 2.63 bits per heavy atom. The van der Waals surface area contributed by atoms with E-state index in [2.05, 4.69) is 16.0 Å². The van der Waals surface area contributed by atoms with Crippen LogP contribution in [0.2, 0.25) is 0 Å². The average Bonchev–Trinajstić information content (AvgIpc) is 3.25. The Labute approximate surface area is 185 Å². The molecule has 2 amide bonds. The van der Waals surface area contributed by atoms with Crippen LogP contribution in [-0.2, 0) is 14.3 Å². The van der Waals surface area contributed by atoms with Crippen molar-refractivity contribution in [3.8, 4) is 0 Å². The number of carbonyl (C=O) groups excluding carboxylic acids is 2. The zero-order chi connectivity index (χ0) is 21.4. The highest BCUT2D eigenvalue weighted by molar-refractivity contribution is 8.00. The maximum absolute atomic E-state index is 13.7. The van der Waals surface area contributed by atoms with Crippen molar-refractivity contribution in [3.63, 3.8) is 0 Å². The molecule has 0 aromatic heterocycles. The summed E-state index contributed by atoms with van der Waals surface area (Å²) in [6.07, 6.45) is 2.44. The molecule has 1 heterocycles. The van der Waals surface area contributed by atoms with Gasteiger partial charge in [-0.05, 0) is 44.9 Å². The van der Waals surface area contributed by atoms with Gasteiger partial charge in [-0.3, -0.25) is 9.59 Å². The number of thioether (sulfide) groups is 1. The first-order valence-corrected chi connectivity index (χ1v) is 12.3. The van der Waals surface area contributed by atoms with Crippen LogP contribution in [0.4, 0.5) is 4.39 Å². The van der Waals surface area contributed by atoms with Gasteiger partial charge in [0.1, 0.15) is 12.8 Å². The number of nitrogens with one attached hydrogen (secondary N) is 3. The zero-order valence-corrected chi connectivity index (χ0v) is 18.6. The number of hydrogen-bond acceptors (Lipinski definition) is 6. The number of aliphatic hydroxyl groups is 1. The number of alkyl halides is 2. The monoisotopic (exact) mass is 463 g/mol. The third-order valence-corrected chi connectivity index (χ3v) is 8.85. The number of halogens is 2. The fraction of sp³-hybridized carbons (Fsp3) is 0.900. The fourth-order valence-electron chi connectivity index (χ4n) is 5.28. The van der Waals surface area contributed by atoms with E-state index in [9.17, 15) is 19.1 Å². The van der Waals surface area contributed by atoms with Crippen LogP contribution < -0.4 is 16.0 Å². The lowest BCUT2D eigenvalue weighted by molar-refractivity contribution is -0.138. The molecule has 5 fully saturated rings. The molecule has 10 heteroatoms. The lowest BCUT2D eigenvalue weighted by atomic mass is 9.60. The van der Waals surface area contributed by atoms with Crippen LogP contribution in [0.15, 0.2) is 0 Å². The third-order valence-electron chi connectivity index (χ3n) is 7.20. The Kier molecular flexibility index (Phi) is 6.85. The SMILES string of the molecule is O=C(COC1CCC(Cl)C(F)C1)NC12CCC(NC(=O)C3CNCS3)(CC1)C(O)C2. The van der Waals surface area contributed by atoms with Crippen LogP contribution in [0, 0.1) is 0 Å². The predicted molar refractivity (Wildman–Crippen MR) is 113 cm³/mol. The highest BCUT2D eigenvalue weighted by Gasteiger charge is 2.55. The summed E-state index contributed by atoms with van der Waals surface area (Å²) in [4.78, 5) is 25.1. The van der Waals surface area contributed by atoms with Crippen LogP contribution in [0.3, 0.4) is 0 Å². The van der Waals surface area contributed by atoms with Crippen LogP contribution in [0.1, 0.15) is 51.4 Å². The van der Waals surface area contributed by atoms with E-state index >= 15 is 0 Å². The van der Waals surface area contributed by atoms with E-state index in [4.69, 9.17) is 16.3 Å². The number of fused-ring (bicyclic) bond motifs is 3. The number of amides is 2.